The van der Waals surface area contributed by atoms with Crippen LogP contribution in [0.2, 0.25) is 0 Å². The zero-order valence-electron chi connectivity index (χ0n) is 9.12. The Labute approximate surface area is 86.2 Å². The van der Waals surface area contributed by atoms with E-state index in [1.54, 1.807) is 13.8 Å². The van der Waals surface area contributed by atoms with Crippen molar-refractivity contribution in [3.63, 3.8) is 0 Å². The van der Waals surface area contributed by atoms with Crippen LogP contribution in [0.3, 0.4) is 0 Å². The molecule has 0 aromatic rings. The maximum absolute atomic E-state index is 11.1. The third-order valence-corrected chi connectivity index (χ3v) is 3.86. The zero-order valence-corrected chi connectivity index (χ0v) is 9.93. The van der Waals surface area contributed by atoms with Gasteiger partial charge in [-0.2, -0.15) is 0 Å². The first-order chi connectivity index (χ1) is 6.33. The molecule has 0 aromatic carbocycles. The van der Waals surface area contributed by atoms with Gasteiger partial charge in [-0.05, 0) is 19.8 Å². The van der Waals surface area contributed by atoms with Crippen molar-refractivity contribution < 1.29 is 18.3 Å². The van der Waals surface area contributed by atoms with Crippen LogP contribution >= 0.6 is 0 Å². The van der Waals surface area contributed by atoms with Gasteiger partial charge in [-0.15, -0.1) is 0 Å². The van der Waals surface area contributed by atoms with Crippen LogP contribution in [0.25, 0.3) is 0 Å². The smallest absolute Gasteiger partial charge is 0.150 e. The van der Waals surface area contributed by atoms with Gasteiger partial charge < -0.3 is 9.84 Å². The fourth-order valence-corrected chi connectivity index (χ4v) is 2.07. The Hall–Kier alpha value is -0.130. The van der Waals surface area contributed by atoms with Crippen LogP contribution in [0.1, 0.15) is 26.7 Å². The molecule has 4 nitrogen and oxygen atoms in total. The summed E-state index contributed by atoms with van der Waals surface area (Å²) in [7, 11) is -1.40. The average molecular weight is 224 g/mol. The lowest BCUT2D eigenvalue weighted by Gasteiger charge is -2.21. The molecule has 0 bridgehead atoms. The van der Waals surface area contributed by atoms with E-state index in [2.05, 4.69) is 0 Å². The molecule has 0 aliphatic carbocycles. The summed E-state index contributed by atoms with van der Waals surface area (Å²) in [5.74, 6) is 0.308. The third-order valence-electron chi connectivity index (χ3n) is 2.07. The van der Waals surface area contributed by atoms with E-state index in [-0.39, 0.29) is 18.1 Å². The molecule has 0 fully saturated rings. The van der Waals surface area contributed by atoms with Gasteiger partial charge in [0.2, 0.25) is 0 Å². The van der Waals surface area contributed by atoms with Crippen LogP contribution in [0.5, 0.6) is 0 Å². The van der Waals surface area contributed by atoms with Gasteiger partial charge in [0.05, 0.1) is 18.0 Å². The van der Waals surface area contributed by atoms with Crippen molar-refractivity contribution in [1.29, 1.82) is 0 Å². The maximum atomic E-state index is 11.1. The van der Waals surface area contributed by atoms with Crippen molar-refractivity contribution in [3.8, 4) is 0 Å². The second kappa shape index (κ2) is 5.68. The standard InChI is InChI=1S/C9H20O4S/c1-4-14(11,12)7-5-6-9(2,10)8-13-3/h10H,4-8H2,1-3H3. The Kier molecular flexibility index (Phi) is 5.63. The summed E-state index contributed by atoms with van der Waals surface area (Å²) in [6, 6.07) is 0. The summed E-state index contributed by atoms with van der Waals surface area (Å²) in [4.78, 5) is 0. The zero-order chi connectivity index (χ0) is 11.2. The highest BCUT2D eigenvalue weighted by Gasteiger charge is 2.20. The fraction of sp³-hybridized carbons (Fsp3) is 1.00. The topological polar surface area (TPSA) is 63.6 Å². The minimum atomic E-state index is -2.91. The number of ether oxygens (including phenoxy) is 1. The lowest BCUT2D eigenvalue weighted by molar-refractivity contribution is -0.0228. The quantitative estimate of drug-likeness (QED) is 0.688. The van der Waals surface area contributed by atoms with Gasteiger partial charge in [-0.3, -0.25) is 0 Å². The van der Waals surface area contributed by atoms with E-state index in [1.807, 2.05) is 0 Å². The van der Waals surface area contributed by atoms with Crippen molar-refractivity contribution in [2.75, 3.05) is 25.2 Å². The molecule has 14 heavy (non-hydrogen) atoms. The fourth-order valence-electron chi connectivity index (χ4n) is 1.20. The Morgan fingerprint density at radius 1 is 1.43 bits per heavy atom. The van der Waals surface area contributed by atoms with Crippen LogP contribution < -0.4 is 0 Å². The van der Waals surface area contributed by atoms with E-state index in [0.717, 1.165) is 0 Å². The molecule has 1 N–H and O–H groups in total. The number of aliphatic hydroxyl groups is 1. The Morgan fingerprint density at radius 3 is 2.43 bits per heavy atom. The number of hydrogen-bond donors (Lipinski definition) is 1. The van der Waals surface area contributed by atoms with Crippen molar-refractivity contribution in [1.82, 2.24) is 0 Å². The molecule has 0 radical (unpaired) electrons. The Morgan fingerprint density at radius 2 is 2.00 bits per heavy atom. The molecule has 0 rings (SSSR count). The van der Waals surface area contributed by atoms with E-state index in [0.29, 0.717) is 12.8 Å². The lowest BCUT2D eigenvalue weighted by Crippen LogP contribution is -2.30. The van der Waals surface area contributed by atoms with Gasteiger partial charge >= 0.3 is 0 Å². The largest absolute Gasteiger partial charge is 0.388 e. The minimum Gasteiger partial charge on any atom is -0.388 e. The van der Waals surface area contributed by atoms with Gasteiger partial charge in [-0.25, -0.2) is 8.42 Å². The maximum Gasteiger partial charge on any atom is 0.150 e. The normalized spacial score (nSPS) is 16.6. The summed E-state index contributed by atoms with van der Waals surface area (Å²) >= 11 is 0. The first-order valence-electron chi connectivity index (χ1n) is 4.75. The number of methoxy groups -OCH3 is 1. The molecule has 0 saturated heterocycles. The van der Waals surface area contributed by atoms with Gasteiger partial charge in [0.25, 0.3) is 0 Å². The average Bonchev–Trinajstić information content (AvgIpc) is 2.03. The Bertz CT molecular complexity index is 244. The molecular formula is C9H20O4S. The summed E-state index contributed by atoms with van der Waals surface area (Å²) in [5.41, 5.74) is -0.919. The number of rotatable bonds is 7. The predicted molar refractivity (Wildman–Crippen MR) is 56.1 cm³/mol. The summed E-state index contributed by atoms with van der Waals surface area (Å²) < 4.78 is 27.1. The molecular weight excluding hydrogens is 204 g/mol. The summed E-state index contributed by atoms with van der Waals surface area (Å²) in [6.07, 6.45) is 0.923. The first kappa shape index (κ1) is 13.9. The molecule has 0 spiro atoms. The third kappa shape index (κ3) is 6.34. The van der Waals surface area contributed by atoms with Crippen molar-refractivity contribution >= 4 is 9.84 Å². The highest BCUT2D eigenvalue weighted by atomic mass is 32.2. The monoisotopic (exact) mass is 224 g/mol. The van der Waals surface area contributed by atoms with E-state index < -0.39 is 15.4 Å². The Balaban J connectivity index is 3.85. The number of sulfone groups is 1. The second-order valence-corrected chi connectivity index (χ2v) is 6.24. The van der Waals surface area contributed by atoms with Crippen molar-refractivity contribution in [3.05, 3.63) is 0 Å². The van der Waals surface area contributed by atoms with E-state index in [9.17, 15) is 13.5 Å². The van der Waals surface area contributed by atoms with Crippen LogP contribution in [0.15, 0.2) is 0 Å². The molecule has 0 aliphatic rings. The van der Waals surface area contributed by atoms with Gasteiger partial charge in [0.15, 0.2) is 0 Å². The molecule has 1 atom stereocenters. The predicted octanol–water partition coefficient (Wildman–Crippen LogP) is 0.599. The molecule has 0 aliphatic heterocycles. The molecule has 0 amide bonds. The first-order valence-corrected chi connectivity index (χ1v) is 6.57. The SMILES string of the molecule is CCS(=O)(=O)CCCC(C)(O)COC. The highest BCUT2D eigenvalue weighted by molar-refractivity contribution is 7.91. The molecule has 5 heteroatoms. The lowest BCUT2D eigenvalue weighted by atomic mass is 10.0. The van der Waals surface area contributed by atoms with Gasteiger partial charge in [-0.1, -0.05) is 6.92 Å². The van der Waals surface area contributed by atoms with Crippen LogP contribution in [0.4, 0.5) is 0 Å². The molecule has 86 valence electrons. The van der Waals surface area contributed by atoms with Crippen LogP contribution in [-0.2, 0) is 14.6 Å². The van der Waals surface area contributed by atoms with E-state index >= 15 is 0 Å². The highest BCUT2D eigenvalue weighted by Crippen LogP contribution is 2.13. The van der Waals surface area contributed by atoms with Gasteiger partial charge in [0.1, 0.15) is 9.84 Å². The summed E-state index contributed by atoms with van der Waals surface area (Å²) in [5, 5.41) is 9.66. The van der Waals surface area contributed by atoms with Crippen LogP contribution in [0, 0.1) is 0 Å². The number of hydrogen-bond acceptors (Lipinski definition) is 4. The van der Waals surface area contributed by atoms with Crippen LogP contribution in [-0.4, -0.2) is 44.3 Å². The van der Waals surface area contributed by atoms with Crippen molar-refractivity contribution in [2.24, 2.45) is 0 Å². The molecule has 0 aromatic heterocycles. The molecule has 1 unspecified atom stereocenters. The summed E-state index contributed by atoms with van der Waals surface area (Å²) in [6.45, 7) is 3.51. The van der Waals surface area contributed by atoms with E-state index in [4.69, 9.17) is 4.74 Å². The molecule has 0 heterocycles. The van der Waals surface area contributed by atoms with Gasteiger partial charge in [0, 0.05) is 12.9 Å². The second-order valence-electron chi connectivity index (χ2n) is 3.77. The van der Waals surface area contributed by atoms with Crippen molar-refractivity contribution in [2.45, 2.75) is 32.3 Å². The minimum absolute atomic E-state index is 0.142. The van der Waals surface area contributed by atoms with E-state index in [1.165, 1.54) is 7.11 Å². The molecule has 0 saturated carbocycles.